The van der Waals surface area contributed by atoms with Crippen molar-refractivity contribution in [1.29, 1.82) is 0 Å². The molecule has 0 fully saturated rings. The lowest BCUT2D eigenvalue weighted by atomic mass is 9.92. The van der Waals surface area contributed by atoms with Crippen LogP contribution in [0.5, 0.6) is 23.0 Å². The smallest absolute Gasteiger partial charge is 0.197 e. The number of benzene rings is 5. The Labute approximate surface area is 220 Å². The highest BCUT2D eigenvalue weighted by Crippen LogP contribution is 2.36. The molecule has 6 nitrogen and oxygen atoms in total. The second kappa shape index (κ2) is 10.7. The largest absolute Gasteiger partial charge is 0.454 e. The summed E-state index contributed by atoms with van der Waals surface area (Å²) in [6.07, 6.45) is 0. The predicted molar refractivity (Wildman–Crippen MR) is 148 cm³/mol. The third-order valence-corrected chi connectivity index (χ3v) is 5.92. The van der Waals surface area contributed by atoms with Crippen LogP contribution in [0.3, 0.4) is 0 Å². The number of carbonyl (C=O) groups excluding carboxylic acids is 2. The number of ketones is 2. The van der Waals surface area contributed by atoms with Crippen molar-refractivity contribution in [3.8, 4) is 23.0 Å². The van der Waals surface area contributed by atoms with Gasteiger partial charge < -0.3 is 20.9 Å². The van der Waals surface area contributed by atoms with E-state index in [4.69, 9.17) is 20.9 Å². The molecule has 186 valence electrons. The second-order valence-corrected chi connectivity index (χ2v) is 8.48. The van der Waals surface area contributed by atoms with E-state index in [0.717, 1.165) is 0 Å². The van der Waals surface area contributed by atoms with E-state index in [0.29, 0.717) is 22.9 Å². The summed E-state index contributed by atoms with van der Waals surface area (Å²) in [5.74, 6) is 0.715. The van der Waals surface area contributed by atoms with Gasteiger partial charge in [-0.15, -0.1) is 0 Å². The monoisotopic (exact) mass is 500 g/mol. The summed E-state index contributed by atoms with van der Waals surface area (Å²) in [6, 6.07) is 34.6. The van der Waals surface area contributed by atoms with Crippen LogP contribution in [-0.2, 0) is 0 Å². The van der Waals surface area contributed by atoms with Crippen LogP contribution in [0.4, 0.5) is 11.4 Å². The lowest BCUT2D eigenvalue weighted by molar-refractivity contribution is 0.100. The number of ether oxygens (including phenoxy) is 2. The molecule has 0 aliphatic heterocycles. The number of carbonyl (C=O) groups is 2. The molecular formula is C32H24N2O4. The van der Waals surface area contributed by atoms with E-state index >= 15 is 0 Å². The molecule has 0 radical (unpaired) electrons. The normalized spacial score (nSPS) is 10.5. The minimum absolute atomic E-state index is 0.203. The molecule has 0 spiro atoms. The van der Waals surface area contributed by atoms with Crippen LogP contribution in [0.15, 0.2) is 121 Å². The summed E-state index contributed by atoms with van der Waals surface area (Å²) in [5, 5.41) is 0. The quantitative estimate of drug-likeness (QED) is 0.177. The van der Waals surface area contributed by atoms with Gasteiger partial charge >= 0.3 is 0 Å². The first-order valence-corrected chi connectivity index (χ1v) is 11.9. The average Bonchev–Trinajstić information content (AvgIpc) is 2.95. The summed E-state index contributed by atoms with van der Waals surface area (Å²) in [4.78, 5) is 27.7. The van der Waals surface area contributed by atoms with E-state index in [-0.39, 0.29) is 33.8 Å². The topological polar surface area (TPSA) is 105 Å². The molecule has 0 saturated heterocycles. The lowest BCUT2D eigenvalue weighted by Gasteiger charge is -2.16. The molecule has 38 heavy (non-hydrogen) atoms. The van der Waals surface area contributed by atoms with Gasteiger partial charge in [-0.2, -0.15) is 0 Å². The fourth-order valence-corrected chi connectivity index (χ4v) is 4.08. The predicted octanol–water partition coefficient (Wildman–Crippen LogP) is 6.90. The fraction of sp³-hybridized carbons (Fsp3) is 0. The van der Waals surface area contributed by atoms with Crippen molar-refractivity contribution in [3.63, 3.8) is 0 Å². The molecule has 0 atom stereocenters. The third kappa shape index (κ3) is 4.96. The number of hydrogen-bond acceptors (Lipinski definition) is 6. The molecule has 4 N–H and O–H groups in total. The summed E-state index contributed by atoms with van der Waals surface area (Å²) in [5.41, 5.74) is 13.9. The second-order valence-electron chi connectivity index (χ2n) is 8.48. The summed E-state index contributed by atoms with van der Waals surface area (Å²) < 4.78 is 12.0. The van der Waals surface area contributed by atoms with Gasteiger partial charge in [-0.3, -0.25) is 9.59 Å². The van der Waals surface area contributed by atoms with Crippen LogP contribution in [0.2, 0.25) is 0 Å². The highest BCUT2D eigenvalue weighted by molar-refractivity contribution is 6.21. The first-order valence-electron chi connectivity index (χ1n) is 11.9. The Morgan fingerprint density at radius 2 is 0.763 bits per heavy atom. The standard InChI is InChI=1S/C32H24N2O4/c33-27-19-9-17-25(31(27)37-21-11-3-1-4-12-21)29(35)23-15-7-8-16-24(23)30(36)26-18-10-20-28(34)32(26)38-22-13-5-2-6-14-22/h1-20H,33-34H2. The maximum atomic E-state index is 13.9. The molecule has 0 aliphatic rings. The first-order chi connectivity index (χ1) is 18.5. The zero-order valence-electron chi connectivity index (χ0n) is 20.3. The maximum Gasteiger partial charge on any atom is 0.197 e. The zero-order chi connectivity index (χ0) is 26.5. The van der Waals surface area contributed by atoms with Crippen molar-refractivity contribution in [2.45, 2.75) is 0 Å². The first kappa shape index (κ1) is 24.3. The fourth-order valence-electron chi connectivity index (χ4n) is 4.08. The Kier molecular flexibility index (Phi) is 6.87. The van der Waals surface area contributed by atoms with Crippen molar-refractivity contribution >= 4 is 22.9 Å². The van der Waals surface area contributed by atoms with E-state index in [1.54, 1.807) is 84.9 Å². The molecular weight excluding hydrogens is 476 g/mol. The molecule has 0 unspecified atom stereocenters. The molecule has 0 saturated carbocycles. The minimum Gasteiger partial charge on any atom is -0.454 e. The van der Waals surface area contributed by atoms with Crippen molar-refractivity contribution < 1.29 is 19.1 Å². The summed E-state index contributed by atoms with van der Waals surface area (Å²) in [7, 11) is 0. The summed E-state index contributed by atoms with van der Waals surface area (Å²) in [6.45, 7) is 0. The van der Waals surface area contributed by atoms with Gasteiger partial charge in [-0.25, -0.2) is 0 Å². The molecule has 0 aromatic heterocycles. The van der Waals surface area contributed by atoms with Crippen molar-refractivity contribution in [2.75, 3.05) is 11.5 Å². The van der Waals surface area contributed by atoms with Crippen LogP contribution >= 0.6 is 0 Å². The van der Waals surface area contributed by atoms with Crippen LogP contribution in [0.1, 0.15) is 31.8 Å². The van der Waals surface area contributed by atoms with Crippen LogP contribution in [0, 0.1) is 0 Å². The van der Waals surface area contributed by atoms with Gasteiger partial charge in [0.05, 0.1) is 22.5 Å². The molecule has 0 heterocycles. The van der Waals surface area contributed by atoms with E-state index in [1.807, 2.05) is 36.4 Å². The number of nitrogens with two attached hydrogens (primary N) is 2. The van der Waals surface area contributed by atoms with E-state index in [2.05, 4.69) is 0 Å². The van der Waals surface area contributed by atoms with Gasteiger partial charge in [0.2, 0.25) is 0 Å². The highest BCUT2D eigenvalue weighted by atomic mass is 16.5. The van der Waals surface area contributed by atoms with Gasteiger partial charge in [0, 0.05) is 11.1 Å². The van der Waals surface area contributed by atoms with E-state index in [1.165, 1.54) is 0 Å². The van der Waals surface area contributed by atoms with Crippen LogP contribution in [-0.4, -0.2) is 11.6 Å². The molecule has 6 heteroatoms. The van der Waals surface area contributed by atoms with E-state index in [9.17, 15) is 9.59 Å². The van der Waals surface area contributed by atoms with Crippen molar-refractivity contribution in [2.24, 2.45) is 0 Å². The van der Waals surface area contributed by atoms with E-state index < -0.39 is 11.6 Å². The Bertz CT molecular complexity index is 1490. The number of rotatable bonds is 8. The Balaban J connectivity index is 1.55. The van der Waals surface area contributed by atoms with Crippen molar-refractivity contribution in [1.82, 2.24) is 0 Å². The SMILES string of the molecule is Nc1cccc(C(=O)c2ccccc2C(=O)c2cccc(N)c2Oc2ccccc2)c1Oc1ccccc1. The summed E-state index contributed by atoms with van der Waals surface area (Å²) >= 11 is 0. The Hall–Kier alpha value is -5.36. The molecule has 5 aromatic carbocycles. The molecule has 0 amide bonds. The molecule has 5 aromatic rings. The Morgan fingerprint density at radius 1 is 0.421 bits per heavy atom. The van der Waals surface area contributed by atoms with Crippen LogP contribution < -0.4 is 20.9 Å². The lowest BCUT2D eigenvalue weighted by Crippen LogP contribution is -2.13. The Morgan fingerprint density at radius 3 is 1.16 bits per heavy atom. The van der Waals surface area contributed by atoms with Gasteiger partial charge in [-0.1, -0.05) is 72.8 Å². The minimum atomic E-state index is -0.401. The maximum absolute atomic E-state index is 13.9. The van der Waals surface area contributed by atoms with Crippen molar-refractivity contribution in [3.05, 3.63) is 144 Å². The number of para-hydroxylation sites is 4. The van der Waals surface area contributed by atoms with Gasteiger partial charge in [-0.05, 0) is 48.5 Å². The highest BCUT2D eigenvalue weighted by Gasteiger charge is 2.25. The third-order valence-electron chi connectivity index (χ3n) is 5.92. The van der Waals surface area contributed by atoms with Gasteiger partial charge in [0.25, 0.3) is 0 Å². The molecule has 5 rings (SSSR count). The van der Waals surface area contributed by atoms with Gasteiger partial charge in [0.15, 0.2) is 23.1 Å². The zero-order valence-corrected chi connectivity index (χ0v) is 20.3. The van der Waals surface area contributed by atoms with Crippen LogP contribution in [0.25, 0.3) is 0 Å². The number of nitrogen functional groups attached to an aromatic ring is 2. The number of anilines is 2. The molecule has 0 aliphatic carbocycles. The number of hydrogen-bond donors (Lipinski definition) is 2. The average molecular weight is 501 g/mol. The molecule has 0 bridgehead atoms. The van der Waals surface area contributed by atoms with Gasteiger partial charge in [0.1, 0.15) is 11.5 Å².